The molecule has 1 fully saturated rings. The minimum atomic E-state index is -0.0952. The van der Waals surface area contributed by atoms with Gasteiger partial charge in [-0.1, -0.05) is 15.9 Å². The highest BCUT2D eigenvalue weighted by Crippen LogP contribution is 2.17. The van der Waals surface area contributed by atoms with Crippen molar-refractivity contribution in [1.29, 1.82) is 0 Å². The van der Waals surface area contributed by atoms with Crippen molar-refractivity contribution in [3.05, 3.63) is 0 Å². The Morgan fingerprint density at radius 3 is 2.79 bits per heavy atom. The number of hydrogen-bond acceptors (Lipinski definition) is 2. The van der Waals surface area contributed by atoms with Crippen LogP contribution in [0.1, 0.15) is 13.3 Å². The predicted octanol–water partition coefficient (Wildman–Crippen LogP) is 0.460. The van der Waals surface area contributed by atoms with Crippen LogP contribution in [-0.2, 0) is 9.59 Å². The number of likely N-dealkylation sites (tertiary alicyclic amines) is 1. The minimum absolute atomic E-state index is 0.00227. The summed E-state index contributed by atoms with van der Waals surface area (Å²) in [6, 6.07) is 0. The molecule has 80 valence electrons. The van der Waals surface area contributed by atoms with Crippen molar-refractivity contribution in [1.82, 2.24) is 9.80 Å². The number of nitrogens with zero attached hydrogens (tertiary/aromatic N) is 2. The van der Waals surface area contributed by atoms with Crippen molar-refractivity contribution < 1.29 is 9.59 Å². The van der Waals surface area contributed by atoms with E-state index < -0.39 is 0 Å². The summed E-state index contributed by atoms with van der Waals surface area (Å²) in [5.41, 5.74) is 0. The summed E-state index contributed by atoms with van der Waals surface area (Å²) in [6.07, 6.45) is 0.794. The van der Waals surface area contributed by atoms with Crippen LogP contribution in [0.5, 0.6) is 0 Å². The molecule has 14 heavy (non-hydrogen) atoms. The molecule has 1 heterocycles. The molecule has 5 heteroatoms. The van der Waals surface area contributed by atoms with Gasteiger partial charge in [-0.2, -0.15) is 0 Å². The van der Waals surface area contributed by atoms with Gasteiger partial charge in [-0.05, 0) is 13.3 Å². The molecule has 1 unspecified atom stereocenters. The molecule has 0 aromatic rings. The van der Waals surface area contributed by atoms with E-state index in [1.54, 1.807) is 16.8 Å². The molecule has 1 aliphatic rings. The second-order valence-electron chi connectivity index (χ2n) is 3.42. The zero-order valence-electron chi connectivity index (χ0n) is 8.49. The minimum Gasteiger partial charge on any atom is -0.345 e. The van der Waals surface area contributed by atoms with Gasteiger partial charge in [-0.3, -0.25) is 9.59 Å². The number of amides is 2. The number of halogens is 1. The van der Waals surface area contributed by atoms with Crippen LogP contribution in [0.15, 0.2) is 0 Å². The van der Waals surface area contributed by atoms with Gasteiger partial charge < -0.3 is 9.80 Å². The van der Waals surface area contributed by atoms with Gasteiger partial charge >= 0.3 is 0 Å². The third-order valence-electron chi connectivity index (χ3n) is 2.46. The molecule has 1 rings (SSSR count). The summed E-state index contributed by atoms with van der Waals surface area (Å²) in [6.45, 7) is 3.49. The van der Waals surface area contributed by atoms with Crippen LogP contribution < -0.4 is 0 Å². The molecule has 0 N–H and O–H groups in total. The average molecular weight is 263 g/mol. The van der Waals surface area contributed by atoms with E-state index in [9.17, 15) is 9.59 Å². The lowest BCUT2D eigenvalue weighted by atomic mass is 10.4. The second-order valence-corrected chi connectivity index (χ2v) is 4.53. The van der Waals surface area contributed by atoms with Gasteiger partial charge in [-0.15, -0.1) is 0 Å². The summed E-state index contributed by atoms with van der Waals surface area (Å²) in [7, 11) is 1.74. The summed E-state index contributed by atoms with van der Waals surface area (Å²) >= 11 is 3.27. The van der Waals surface area contributed by atoms with Crippen molar-refractivity contribution in [3.8, 4) is 0 Å². The van der Waals surface area contributed by atoms with E-state index in [2.05, 4.69) is 15.9 Å². The summed E-state index contributed by atoms with van der Waals surface area (Å²) in [5, 5.41) is 0. The number of alkyl halides is 1. The van der Waals surface area contributed by atoms with E-state index in [1.807, 2.05) is 6.92 Å². The molecule has 2 amide bonds. The molecular formula is C9H15BrN2O2. The van der Waals surface area contributed by atoms with Crippen molar-refractivity contribution in [3.63, 3.8) is 0 Å². The van der Waals surface area contributed by atoms with Crippen molar-refractivity contribution in [2.45, 2.75) is 18.2 Å². The third-order valence-corrected chi connectivity index (χ3v) is 3.31. The SMILES string of the molecule is CCN(C)C(=O)CN1CCC(Br)C1=O. The van der Waals surface area contributed by atoms with E-state index in [0.717, 1.165) is 6.42 Å². The summed E-state index contributed by atoms with van der Waals surface area (Å²) in [4.78, 5) is 26.1. The molecule has 0 aliphatic carbocycles. The highest BCUT2D eigenvalue weighted by molar-refractivity contribution is 9.10. The molecular weight excluding hydrogens is 248 g/mol. The van der Waals surface area contributed by atoms with E-state index in [0.29, 0.717) is 13.1 Å². The zero-order chi connectivity index (χ0) is 10.7. The van der Waals surface area contributed by atoms with Crippen molar-refractivity contribution in [2.75, 3.05) is 26.7 Å². The third kappa shape index (κ3) is 2.47. The molecule has 0 spiro atoms. The largest absolute Gasteiger partial charge is 0.345 e. The maximum atomic E-state index is 11.5. The van der Waals surface area contributed by atoms with E-state index in [4.69, 9.17) is 0 Å². The second kappa shape index (κ2) is 4.77. The topological polar surface area (TPSA) is 40.6 Å². The van der Waals surface area contributed by atoms with Crippen LogP contribution in [0, 0.1) is 0 Å². The lowest BCUT2D eigenvalue weighted by Crippen LogP contribution is -2.39. The van der Waals surface area contributed by atoms with Crippen LogP contribution in [0.25, 0.3) is 0 Å². The average Bonchev–Trinajstić information content (AvgIpc) is 2.48. The van der Waals surface area contributed by atoms with Gasteiger partial charge in [0, 0.05) is 20.1 Å². The fraction of sp³-hybridized carbons (Fsp3) is 0.778. The highest BCUT2D eigenvalue weighted by atomic mass is 79.9. The quantitative estimate of drug-likeness (QED) is 0.694. The fourth-order valence-corrected chi connectivity index (χ4v) is 1.81. The van der Waals surface area contributed by atoms with Gasteiger partial charge in [-0.25, -0.2) is 0 Å². The monoisotopic (exact) mass is 262 g/mol. The Morgan fingerprint density at radius 2 is 2.36 bits per heavy atom. The van der Waals surface area contributed by atoms with Gasteiger partial charge in [0.25, 0.3) is 0 Å². The molecule has 0 saturated carbocycles. The molecule has 4 nitrogen and oxygen atoms in total. The maximum absolute atomic E-state index is 11.5. The molecule has 0 aromatic heterocycles. The Bertz CT molecular complexity index is 245. The molecule has 1 atom stereocenters. The number of rotatable bonds is 3. The Morgan fingerprint density at radius 1 is 1.71 bits per heavy atom. The number of likely N-dealkylation sites (N-methyl/N-ethyl adjacent to an activating group) is 1. The fourth-order valence-electron chi connectivity index (χ4n) is 1.32. The Labute approximate surface area is 92.4 Å². The van der Waals surface area contributed by atoms with Crippen molar-refractivity contribution >= 4 is 27.7 Å². The number of carbonyl (C=O) groups is 2. The van der Waals surface area contributed by atoms with E-state index in [-0.39, 0.29) is 23.2 Å². The first kappa shape index (κ1) is 11.5. The van der Waals surface area contributed by atoms with Crippen LogP contribution in [-0.4, -0.2) is 53.1 Å². The van der Waals surface area contributed by atoms with E-state index >= 15 is 0 Å². The summed E-state index contributed by atoms with van der Waals surface area (Å²) in [5.74, 6) is 0.0327. The number of carbonyl (C=O) groups excluding carboxylic acids is 2. The van der Waals surface area contributed by atoms with Crippen LogP contribution in [0.2, 0.25) is 0 Å². The molecule has 1 aliphatic heterocycles. The van der Waals surface area contributed by atoms with Gasteiger partial charge in [0.15, 0.2) is 0 Å². The van der Waals surface area contributed by atoms with Crippen LogP contribution >= 0.6 is 15.9 Å². The predicted molar refractivity (Wildman–Crippen MR) is 57.2 cm³/mol. The standard InChI is InChI=1S/C9H15BrN2O2/c1-3-11(2)8(13)6-12-5-4-7(10)9(12)14/h7H,3-6H2,1-2H3. The Kier molecular flexibility index (Phi) is 3.92. The molecule has 0 bridgehead atoms. The lowest BCUT2D eigenvalue weighted by Gasteiger charge is -2.20. The lowest BCUT2D eigenvalue weighted by molar-refractivity contribution is -0.137. The first-order valence-corrected chi connectivity index (χ1v) is 5.64. The first-order chi connectivity index (χ1) is 6.56. The maximum Gasteiger partial charge on any atom is 0.241 e. The van der Waals surface area contributed by atoms with E-state index in [1.165, 1.54) is 0 Å². The Hall–Kier alpha value is -0.580. The van der Waals surface area contributed by atoms with Crippen molar-refractivity contribution in [2.24, 2.45) is 0 Å². The smallest absolute Gasteiger partial charge is 0.241 e. The Balaban J connectivity index is 2.45. The molecule has 1 saturated heterocycles. The molecule has 0 aromatic carbocycles. The van der Waals surface area contributed by atoms with Gasteiger partial charge in [0.2, 0.25) is 11.8 Å². The van der Waals surface area contributed by atoms with Crippen LogP contribution in [0.3, 0.4) is 0 Å². The van der Waals surface area contributed by atoms with Gasteiger partial charge in [0.1, 0.15) is 0 Å². The highest BCUT2D eigenvalue weighted by Gasteiger charge is 2.30. The molecule has 0 radical (unpaired) electrons. The normalized spacial score (nSPS) is 21.5. The number of hydrogen-bond donors (Lipinski definition) is 0. The van der Waals surface area contributed by atoms with Crippen LogP contribution in [0.4, 0.5) is 0 Å². The van der Waals surface area contributed by atoms with Gasteiger partial charge in [0.05, 0.1) is 11.4 Å². The zero-order valence-corrected chi connectivity index (χ0v) is 10.1. The first-order valence-electron chi connectivity index (χ1n) is 4.73. The summed E-state index contributed by atoms with van der Waals surface area (Å²) < 4.78 is 0.